The Morgan fingerprint density at radius 3 is 2.64 bits per heavy atom. The van der Waals surface area contributed by atoms with E-state index in [1.165, 1.54) is 0 Å². The van der Waals surface area contributed by atoms with Crippen molar-refractivity contribution >= 4 is 17.8 Å². The van der Waals surface area contributed by atoms with Gasteiger partial charge in [-0.05, 0) is 31.4 Å². The third-order valence-electron chi connectivity index (χ3n) is 5.20. The van der Waals surface area contributed by atoms with Crippen LogP contribution in [0.25, 0.3) is 0 Å². The highest BCUT2D eigenvalue weighted by Crippen LogP contribution is 2.36. The molecule has 0 aromatic heterocycles. The number of aryl methyl sites for hydroxylation is 1. The van der Waals surface area contributed by atoms with Gasteiger partial charge < -0.3 is 20.1 Å². The van der Waals surface area contributed by atoms with Gasteiger partial charge in [-0.1, -0.05) is 18.2 Å². The lowest BCUT2D eigenvalue weighted by atomic mass is 9.78. The molecule has 1 aromatic carbocycles. The molecule has 2 N–H and O–H groups in total. The number of piperidine rings is 1. The number of carbonyl (C=O) groups is 3. The van der Waals surface area contributed by atoms with Crippen molar-refractivity contribution in [1.29, 1.82) is 0 Å². The highest BCUT2D eigenvalue weighted by atomic mass is 16.5. The predicted octanol–water partition coefficient (Wildman–Crippen LogP) is 0.956. The number of para-hydroxylation sites is 1. The molecule has 134 valence electrons. The third-order valence-corrected chi connectivity index (χ3v) is 5.20. The molecule has 2 fully saturated rings. The second-order valence-electron chi connectivity index (χ2n) is 6.73. The summed E-state index contributed by atoms with van der Waals surface area (Å²) >= 11 is 0. The monoisotopic (exact) mass is 346 g/mol. The molecule has 1 atom stereocenters. The Morgan fingerprint density at radius 1 is 1.32 bits per heavy atom. The third kappa shape index (κ3) is 3.45. The largest absolute Gasteiger partial charge is 0.484 e. The van der Waals surface area contributed by atoms with Crippen LogP contribution >= 0.6 is 0 Å². The molecule has 0 radical (unpaired) electrons. The average molecular weight is 346 g/mol. The summed E-state index contributed by atoms with van der Waals surface area (Å²) in [5.74, 6) is -1.36. The van der Waals surface area contributed by atoms with Crippen LogP contribution < -0.4 is 10.1 Å². The van der Waals surface area contributed by atoms with E-state index >= 15 is 0 Å². The fourth-order valence-electron chi connectivity index (χ4n) is 3.70. The summed E-state index contributed by atoms with van der Waals surface area (Å²) in [6.45, 7) is 2.70. The number of benzene rings is 1. The van der Waals surface area contributed by atoms with E-state index in [9.17, 15) is 19.5 Å². The topological polar surface area (TPSA) is 95.9 Å². The van der Waals surface area contributed by atoms with Crippen molar-refractivity contribution in [3.8, 4) is 5.75 Å². The number of carboxylic acid groups (broad SMARTS) is 1. The molecule has 2 heterocycles. The van der Waals surface area contributed by atoms with E-state index < -0.39 is 17.4 Å². The van der Waals surface area contributed by atoms with Crippen LogP contribution in [-0.2, 0) is 14.4 Å². The first-order chi connectivity index (χ1) is 11.9. The Hall–Kier alpha value is -2.57. The molecule has 2 aliphatic heterocycles. The summed E-state index contributed by atoms with van der Waals surface area (Å²) in [6, 6.07) is 7.49. The van der Waals surface area contributed by atoms with E-state index in [4.69, 9.17) is 4.74 Å². The van der Waals surface area contributed by atoms with Crippen LogP contribution in [-0.4, -0.2) is 53.0 Å². The maximum Gasteiger partial charge on any atom is 0.309 e. The first kappa shape index (κ1) is 17.3. The van der Waals surface area contributed by atoms with E-state index in [1.54, 1.807) is 4.90 Å². The van der Waals surface area contributed by atoms with Crippen LogP contribution in [0.2, 0.25) is 0 Å². The molecule has 2 saturated heterocycles. The number of nitrogens with one attached hydrogen (secondary N) is 1. The number of aliphatic carboxylic acids is 1. The number of rotatable bonds is 4. The molecule has 7 heteroatoms. The van der Waals surface area contributed by atoms with E-state index in [0.29, 0.717) is 31.7 Å². The van der Waals surface area contributed by atoms with Crippen molar-refractivity contribution in [3.05, 3.63) is 29.8 Å². The lowest BCUT2D eigenvalue weighted by molar-refractivity contribution is -0.145. The maximum atomic E-state index is 12.4. The average Bonchev–Trinajstić information content (AvgIpc) is 2.91. The first-order valence-electron chi connectivity index (χ1n) is 8.41. The van der Waals surface area contributed by atoms with Crippen LogP contribution in [0.3, 0.4) is 0 Å². The van der Waals surface area contributed by atoms with E-state index in [1.807, 2.05) is 31.2 Å². The number of amides is 2. The van der Waals surface area contributed by atoms with Gasteiger partial charge in [0.05, 0.1) is 11.5 Å². The van der Waals surface area contributed by atoms with Gasteiger partial charge in [0.1, 0.15) is 5.75 Å². The van der Waals surface area contributed by atoms with E-state index in [0.717, 1.165) is 5.56 Å². The van der Waals surface area contributed by atoms with Crippen LogP contribution in [0.5, 0.6) is 5.75 Å². The molecule has 1 unspecified atom stereocenters. The van der Waals surface area contributed by atoms with Gasteiger partial charge in [-0.25, -0.2) is 0 Å². The van der Waals surface area contributed by atoms with Crippen molar-refractivity contribution in [1.82, 2.24) is 10.2 Å². The minimum atomic E-state index is -0.957. The van der Waals surface area contributed by atoms with Crippen molar-refractivity contribution in [2.24, 2.45) is 5.92 Å². The standard InChI is InChI=1S/C18H22N2O5/c1-12-4-2-3-5-14(12)25-11-16(22)20-8-6-18(7-9-20)13(17(23)24)10-15(21)19-18/h2-5,13H,6-11H2,1H3,(H,19,21)(H,23,24). The quantitative estimate of drug-likeness (QED) is 0.846. The number of hydrogen-bond donors (Lipinski definition) is 2. The number of nitrogens with zero attached hydrogens (tertiary/aromatic N) is 1. The second-order valence-corrected chi connectivity index (χ2v) is 6.73. The lowest BCUT2D eigenvalue weighted by Gasteiger charge is -2.41. The molecular formula is C18H22N2O5. The van der Waals surface area contributed by atoms with Gasteiger partial charge in [0.25, 0.3) is 5.91 Å². The smallest absolute Gasteiger partial charge is 0.309 e. The number of carboxylic acids is 1. The predicted molar refractivity (Wildman–Crippen MR) is 89.1 cm³/mol. The number of hydrogen-bond acceptors (Lipinski definition) is 4. The summed E-state index contributed by atoms with van der Waals surface area (Å²) in [4.78, 5) is 37.1. The van der Waals surface area contributed by atoms with E-state index in [2.05, 4.69) is 5.32 Å². The highest BCUT2D eigenvalue weighted by Gasteiger charge is 2.51. The fraction of sp³-hybridized carbons (Fsp3) is 0.500. The Balaban J connectivity index is 1.57. The zero-order chi connectivity index (χ0) is 18.0. The Labute approximate surface area is 146 Å². The molecule has 7 nitrogen and oxygen atoms in total. The van der Waals surface area contributed by atoms with Gasteiger partial charge in [-0.15, -0.1) is 0 Å². The molecule has 25 heavy (non-hydrogen) atoms. The zero-order valence-corrected chi connectivity index (χ0v) is 14.2. The minimum absolute atomic E-state index is 0.0136. The van der Waals surface area contributed by atoms with E-state index in [-0.39, 0.29) is 24.8 Å². The number of ether oxygens (including phenoxy) is 1. The van der Waals surface area contributed by atoms with Crippen LogP contribution in [0.1, 0.15) is 24.8 Å². The van der Waals surface area contributed by atoms with Crippen LogP contribution in [0.15, 0.2) is 24.3 Å². The molecule has 2 amide bonds. The Morgan fingerprint density at radius 2 is 2.00 bits per heavy atom. The molecule has 0 saturated carbocycles. The molecule has 1 spiro atoms. The van der Waals surface area contributed by atoms with Gasteiger partial charge >= 0.3 is 5.97 Å². The summed E-state index contributed by atoms with van der Waals surface area (Å²) < 4.78 is 5.59. The summed E-state index contributed by atoms with van der Waals surface area (Å²) in [7, 11) is 0. The van der Waals surface area contributed by atoms with Gasteiger partial charge in [0.2, 0.25) is 5.91 Å². The lowest BCUT2D eigenvalue weighted by Crippen LogP contribution is -2.57. The summed E-state index contributed by atoms with van der Waals surface area (Å²) in [5, 5.41) is 12.2. The number of carbonyl (C=O) groups excluding carboxylic acids is 2. The fourth-order valence-corrected chi connectivity index (χ4v) is 3.70. The molecule has 0 bridgehead atoms. The van der Waals surface area contributed by atoms with Gasteiger partial charge in [-0.2, -0.15) is 0 Å². The summed E-state index contributed by atoms with van der Waals surface area (Å²) in [5.41, 5.74) is 0.238. The summed E-state index contributed by atoms with van der Waals surface area (Å²) in [6.07, 6.45) is 0.914. The molecule has 2 aliphatic rings. The molecule has 0 aliphatic carbocycles. The SMILES string of the molecule is Cc1ccccc1OCC(=O)N1CCC2(CC1)NC(=O)CC2C(=O)O. The Kier molecular flexibility index (Phi) is 4.65. The maximum absolute atomic E-state index is 12.4. The van der Waals surface area contributed by atoms with Crippen molar-refractivity contribution in [2.75, 3.05) is 19.7 Å². The molecular weight excluding hydrogens is 324 g/mol. The normalized spacial score (nSPS) is 21.9. The van der Waals surface area contributed by atoms with Gasteiger partial charge in [-0.3, -0.25) is 14.4 Å². The minimum Gasteiger partial charge on any atom is -0.484 e. The number of likely N-dealkylation sites (tertiary alicyclic amines) is 1. The van der Waals surface area contributed by atoms with Gasteiger partial charge in [0.15, 0.2) is 6.61 Å². The molecule has 3 rings (SSSR count). The first-order valence-corrected chi connectivity index (χ1v) is 8.41. The van der Waals surface area contributed by atoms with Crippen molar-refractivity contribution in [2.45, 2.75) is 31.7 Å². The Bertz CT molecular complexity index is 694. The van der Waals surface area contributed by atoms with Crippen LogP contribution in [0, 0.1) is 12.8 Å². The second kappa shape index (κ2) is 6.74. The van der Waals surface area contributed by atoms with Gasteiger partial charge in [0, 0.05) is 19.5 Å². The zero-order valence-electron chi connectivity index (χ0n) is 14.2. The highest BCUT2D eigenvalue weighted by molar-refractivity contribution is 5.88. The van der Waals surface area contributed by atoms with Crippen molar-refractivity contribution < 1.29 is 24.2 Å². The molecule has 1 aromatic rings. The van der Waals surface area contributed by atoms with Crippen molar-refractivity contribution in [3.63, 3.8) is 0 Å². The van der Waals surface area contributed by atoms with Crippen LogP contribution in [0.4, 0.5) is 0 Å².